The van der Waals surface area contributed by atoms with Crippen LogP contribution in [-0.4, -0.2) is 30.3 Å². The monoisotopic (exact) mass is 459 g/mol. The molecule has 0 bridgehead atoms. The summed E-state index contributed by atoms with van der Waals surface area (Å²) in [6.07, 6.45) is 0.241. The molecule has 1 N–H and O–H groups in total. The number of aryl methyl sites for hydroxylation is 1. The van der Waals surface area contributed by atoms with Crippen LogP contribution >= 0.6 is 11.6 Å². The highest BCUT2D eigenvalue weighted by Crippen LogP contribution is 2.37. The predicted octanol–water partition coefficient (Wildman–Crippen LogP) is 4.83. The zero-order chi connectivity index (χ0) is 22.3. The van der Waals surface area contributed by atoms with Gasteiger partial charge in [-0.25, -0.2) is 12.8 Å². The summed E-state index contributed by atoms with van der Waals surface area (Å²) in [5.41, 5.74) is 2.86. The lowest BCUT2D eigenvalue weighted by Crippen LogP contribution is -2.44. The second kappa shape index (κ2) is 8.07. The van der Waals surface area contributed by atoms with E-state index >= 15 is 0 Å². The molecule has 5 nitrogen and oxygen atoms in total. The first-order valence-electron chi connectivity index (χ1n) is 9.58. The van der Waals surface area contributed by atoms with E-state index in [1.807, 2.05) is 12.1 Å². The molecule has 160 valence electrons. The molecule has 1 aliphatic heterocycles. The van der Waals surface area contributed by atoms with Gasteiger partial charge in [-0.2, -0.15) is 4.31 Å². The Morgan fingerprint density at radius 2 is 1.61 bits per heavy atom. The SMILES string of the molecule is Cc1ccc(F)c2c1CCN(S(=O)(=O)c1ccc(-c3ccc(Cl)cc3)cc1)C2C(=O)O. The first-order valence-corrected chi connectivity index (χ1v) is 11.4. The second-order valence-corrected chi connectivity index (χ2v) is 9.72. The normalized spacial score (nSPS) is 16.7. The van der Waals surface area contributed by atoms with Crippen molar-refractivity contribution in [2.75, 3.05) is 6.54 Å². The molecule has 0 saturated carbocycles. The quantitative estimate of drug-likeness (QED) is 0.606. The van der Waals surface area contributed by atoms with E-state index < -0.39 is 27.9 Å². The molecule has 0 aliphatic carbocycles. The fourth-order valence-corrected chi connectivity index (χ4v) is 5.65. The van der Waals surface area contributed by atoms with Gasteiger partial charge < -0.3 is 5.11 Å². The summed E-state index contributed by atoms with van der Waals surface area (Å²) in [4.78, 5) is 12.0. The average Bonchev–Trinajstić information content (AvgIpc) is 2.76. The van der Waals surface area contributed by atoms with E-state index in [4.69, 9.17) is 11.6 Å². The molecule has 0 radical (unpaired) electrons. The van der Waals surface area contributed by atoms with Gasteiger partial charge in [-0.3, -0.25) is 4.79 Å². The lowest BCUT2D eigenvalue weighted by molar-refractivity contribution is -0.142. The molecule has 3 aromatic carbocycles. The van der Waals surface area contributed by atoms with Gasteiger partial charge in [0.05, 0.1) is 4.90 Å². The van der Waals surface area contributed by atoms with Gasteiger partial charge in [-0.15, -0.1) is 0 Å². The van der Waals surface area contributed by atoms with Crippen molar-refractivity contribution in [1.82, 2.24) is 4.31 Å². The number of rotatable bonds is 4. The van der Waals surface area contributed by atoms with Crippen LogP contribution in [0.5, 0.6) is 0 Å². The maximum absolute atomic E-state index is 14.6. The van der Waals surface area contributed by atoms with Crippen LogP contribution in [0.3, 0.4) is 0 Å². The van der Waals surface area contributed by atoms with Gasteiger partial charge in [0.25, 0.3) is 0 Å². The van der Waals surface area contributed by atoms with Crippen LogP contribution < -0.4 is 0 Å². The topological polar surface area (TPSA) is 74.7 Å². The van der Waals surface area contributed by atoms with Gasteiger partial charge >= 0.3 is 5.97 Å². The van der Waals surface area contributed by atoms with E-state index in [9.17, 15) is 22.7 Å². The highest BCUT2D eigenvalue weighted by atomic mass is 35.5. The Labute approximate surface area is 184 Å². The summed E-state index contributed by atoms with van der Waals surface area (Å²) in [5, 5.41) is 10.4. The lowest BCUT2D eigenvalue weighted by atomic mass is 9.90. The van der Waals surface area contributed by atoms with Crippen molar-refractivity contribution in [2.24, 2.45) is 0 Å². The molecule has 1 unspecified atom stereocenters. The van der Waals surface area contributed by atoms with Crippen molar-refractivity contribution in [3.63, 3.8) is 0 Å². The van der Waals surface area contributed by atoms with Crippen molar-refractivity contribution in [3.8, 4) is 11.1 Å². The molecule has 0 fully saturated rings. The molecule has 3 aromatic rings. The largest absolute Gasteiger partial charge is 0.480 e. The van der Waals surface area contributed by atoms with Crippen molar-refractivity contribution < 1.29 is 22.7 Å². The first-order chi connectivity index (χ1) is 14.7. The van der Waals surface area contributed by atoms with Crippen molar-refractivity contribution in [3.05, 3.63) is 88.2 Å². The molecule has 31 heavy (non-hydrogen) atoms. The Morgan fingerprint density at radius 1 is 1.03 bits per heavy atom. The number of fused-ring (bicyclic) bond motifs is 1. The van der Waals surface area contributed by atoms with Crippen molar-refractivity contribution in [2.45, 2.75) is 24.3 Å². The van der Waals surface area contributed by atoms with E-state index in [-0.39, 0.29) is 23.4 Å². The van der Waals surface area contributed by atoms with Crippen LogP contribution in [0.2, 0.25) is 5.02 Å². The Balaban J connectivity index is 1.73. The van der Waals surface area contributed by atoms with Crippen LogP contribution in [-0.2, 0) is 21.2 Å². The van der Waals surface area contributed by atoms with Gasteiger partial charge in [0, 0.05) is 17.1 Å². The maximum Gasteiger partial charge on any atom is 0.326 e. The Morgan fingerprint density at radius 3 is 2.19 bits per heavy atom. The van der Waals surface area contributed by atoms with Crippen LogP contribution in [0.4, 0.5) is 4.39 Å². The third-order valence-corrected chi connectivity index (χ3v) is 7.68. The molecule has 8 heteroatoms. The summed E-state index contributed by atoms with van der Waals surface area (Å²) in [6.45, 7) is 1.71. The number of sulfonamides is 1. The number of carbonyl (C=O) groups is 1. The molecule has 1 aliphatic rings. The zero-order valence-corrected chi connectivity index (χ0v) is 18.1. The fourth-order valence-electron chi connectivity index (χ4n) is 3.97. The Kier molecular flexibility index (Phi) is 5.60. The minimum Gasteiger partial charge on any atom is -0.480 e. The number of benzene rings is 3. The van der Waals surface area contributed by atoms with E-state index in [1.54, 1.807) is 37.3 Å². The first kappa shape index (κ1) is 21.5. The molecular weight excluding hydrogens is 441 g/mol. The minimum absolute atomic E-state index is 0.0461. The van der Waals surface area contributed by atoms with E-state index in [0.717, 1.165) is 21.0 Å². The fraction of sp³-hybridized carbons (Fsp3) is 0.174. The molecular formula is C23H19ClFNO4S. The van der Waals surface area contributed by atoms with Crippen molar-refractivity contribution >= 4 is 27.6 Å². The number of aliphatic carboxylic acids is 1. The molecule has 0 aromatic heterocycles. The molecule has 1 heterocycles. The highest BCUT2D eigenvalue weighted by Gasteiger charge is 2.42. The third kappa shape index (κ3) is 3.84. The van der Waals surface area contributed by atoms with Crippen LogP contribution in [0.25, 0.3) is 11.1 Å². The lowest BCUT2D eigenvalue weighted by Gasteiger charge is -2.34. The molecule has 1 atom stereocenters. The maximum atomic E-state index is 14.6. The Bertz CT molecular complexity index is 1260. The Hall–Kier alpha value is -2.74. The van der Waals surface area contributed by atoms with Crippen molar-refractivity contribution in [1.29, 1.82) is 0 Å². The smallest absolute Gasteiger partial charge is 0.326 e. The average molecular weight is 460 g/mol. The van der Waals surface area contributed by atoms with E-state index in [2.05, 4.69) is 0 Å². The third-order valence-electron chi connectivity index (χ3n) is 5.55. The molecule has 0 spiro atoms. The zero-order valence-electron chi connectivity index (χ0n) is 16.5. The number of carboxylic acid groups (broad SMARTS) is 1. The van der Waals surface area contributed by atoms with Gasteiger partial charge in [-0.05, 0) is 65.9 Å². The van der Waals surface area contributed by atoms with Gasteiger partial charge in [-0.1, -0.05) is 41.9 Å². The molecule has 4 rings (SSSR count). The van der Waals surface area contributed by atoms with Gasteiger partial charge in [0.1, 0.15) is 5.82 Å². The van der Waals surface area contributed by atoms with E-state index in [1.165, 1.54) is 18.2 Å². The van der Waals surface area contributed by atoms with Crippen LogP contribution in [0.1, 0.15) is 22.7 Å². The van der Waals surface area contributed by atoms with Crippen LogP contribution in [0, 0.1) is 12.7 Å². The highest BCUT2D eigenvalue weighted by molar-refractivity contribution is 7.89. The summed E-state index contributed by atoms with van der Waals surface area (Å²) in [6, 6.07) is 14.4. The summed E-state index contributed by atoms with van der Waals surface area (Å²) < 4.78 is 42.1. The molecule has 0 amide bonds. The van der Waals surface area contributed by atoms with E-state index in [0.29, 0.717) is 10.6 Å². The molecule has 0 saturated heterocycles. The second-order valence-electron chi connectivity index (χ2n) is 7.39. The van der Waals surface area contributed by atoms with Crippen LogP contribution in [0.15, 0.2) is 65.6 Å². The standard InChI is InChI=1S/C23H19ClFNO4S/c1-14-2-11-20(25)21-19(14)12-13-26(22(21)23(27)28)31(29,30)18-9-5-16(6-10-18)15-3-7-17(24)8-4-15/h2-11,22H,12-13H2,1H3,(H,27,28). The number of nitrogens with zero attached hydrogens (tertiary/aromatic N) is 1. The van der Waals surface area contributed by atoms with Gasteiger partial charge in [0.15, 0.2) is 6.04 Å². The summed E-state index contributed by atoms with van der Waals surface area (Å²) in [7, 11) is -4.17. The minimum atomic E-state index is -4.17. The van der Waals surface area contributed by atoms with Gasteiger partial charge in [0.2, 0.25) is 10.0 Å². The predicted molar refractivity (Wildman–Crippen MR) is 116 cm³/mol. The number of carboxylic acids is 1. The number of halogens is 2. The summed E-state index contributed by atoms with van der Waals surface area (Å²) >= 11 is 5.91. The number of hydrogen-bond donors (Lipinski definition) is 1. The number of hydrogen-bond acceptors (Lipinski definition) is 3. The summed E-state index contributed by atoms with van der Waals surface area (Å²) in [5.74, 6) is -2.13.